The van der Waals surface area contributed by atoms with Crippen LogP contribution in [0.15, 0.2) is 54.7 Å². The lowest BCUT2D eigenvalue weighted by Crippen LogP contribution is -2.32. The van der Waals surface area contributed by atoms with Crippen molar-refractivity contribution in [1.29, 1.82) is 0 Å². The molecule has 1 fully saturated rings. The lowest BCUT2D eigenvalue weighted by Gasteiger charge is -2.31. The van der Waals surface area contributed by atoms with Crippen molar-refractivity contribution in [2.45, 2.75) is 43.9 Å². The molecule has 0 unspecified atom stereocenters. The molecule has 156 valence electrons. The Bertz CT molecular complexity index is 1010. The van der Waals surface area contributed by atoms with E-state index in [2.05, 4.69) is 51.7 Å². The fourth-order valence-electron chi connectivity index (χ4n) is 5.02. The number of hydrogen-bond donors (Lipinski definition) is 1. The Kier molecular flexibility index (Phi) is 5.27. The first-order chi connectivity index (χ1) is 14.7. The smallest absolute Gasteiger partial charge is 0.115 e. The zero-order valence-electron chi connectivity index (χ0n) is 17.3. The zero-order valence-corrected chi connectivity index (χ0v) is 17.3. The number of piperidine rings is 1. The second-order valence-electron chi connectivity index (χ2n) is 8.46. The summed E-state index contributed by atoms with van der Waals surface area (Å²) in [5, 5.41) is 18.7. The van der Waals surface area contributed by atoms with Gasteiger partial charge in [0.25, 0.3) is 0 Å². The molecule has 1 saturated heterocycles. The molecule has 1 N–H and O–H groups in total. The third-order valence-corrected chi connectivity index (χ3v) is 6.61. The van der Waals surface area contributed by atoms with E-state index >= 15 is 0 Å². The molecule has 2 heterocycles. The van der Waals surface area contributed by atoms with Crippen molar-refractivity contribution in [3.8, 4) is 5.75 Å². The van der Waals surface area contributed by atoms with Gasteiger partial charge in [0.15, 0.2) is 0 Å². The number of hydrogen-bond acceptors (Lipinski definition) is 5. The first-order valence-electron chi connectivity index (χ1n) is 10.7. The monoisotopic (exact) mass is 404 g/mol. The fourth-order valence-corrected chi connectivity index (χ4v) is 5.02. The Morgan fingerprint density at radius 3 is 2.73 bits per heavy atom. The maximum Gasteiger partial charge on any atom is 0.115 e. The number of likely N-dealkylation sites (tertiary alicyclic amines) is 1. The zero-order chi connectivity index (χ0) is 20.5. The number of benzene rings is 2. The van der Waals surface area contributed by atoms with Gasteiger partial charge in [-0.1, -0.05) is 41.6 Å². The molecule has 6 nitrogen and oxygen atoms in total. The van der Waals surface area contributed by atoms with Gasteiger partial charge < -0.3 is 9.84 Å². The predicted octanol–water partition coefficient (Wildman–Crippen LogP) is 3.52. The van der Waals surface area contributed by atoms with Gasteiger partial charge in [0.1, 0.15) is 11.8 Å². The molecule has 2 atom stereocenters. The Morgan fingerprint density at radius 1 is 1.10 bits per heavy atom. The molecular formula is C24H28N4O2. The normalized spacial score (nSPS) is 22.3. The number of aromatic nitrogens is 3. The number of phenols is 1. The van der Waals surface area contributed by atoms with Crippen LogP contribution < -0.4 is 0 Å². The molecule has 6 heteroatoms. The van der Waals surface area contributed by atoms with E-state index in [1.165, 1.54) is 16.7 Å². The van der Waals surface area contributed by atoms with Crippen LogP contribution in [0, 0.1) is 0 Å². The first kappa shape index (κ1) is 19.3. The van der Waals surface area contributed by atoms with Crippen LogP contribution in [0.1, 0.15) is 47.2 Å². The van der Waals surface area contributed by atoms with Crippen molar-refractivity contribution in [2.24, 2.45) is 0 Å². The summed E-state index contributed by atoms with van der Waals surface area (Å²) in [5.74, 6) is 0.871. The quantitative estimate of drug-likeness (QED) is 0.705. The summed E-state index contributed by atoms with van der Waals surface area (Å²) in [4.78, 5) is 2.45. The number of fused-ring (bicyclic) bond motifs is 1. The molecule has 1 aromatic heterocycles. The van der Waals surface area contributed by atoms with Crippen LogP contribution >= 0.6 is 0 Å². The van der Waals surface area contributed by atoms with Crippen LogP contribution in [0.5, 0.6) is 5.75 Å². The third kappa shape index (κ3) is 3.73. The Labute approximate surface area is 177 Å². The van der Waals surface area contributed by atoms with Crippen LogP contribution in [0.25, 0.3) is 0 Å². The molecule has 0 radical (unpaired) electrons. The molecular weight excluding hydrogens is 376 g/mol. The minimum atomic E-state index is 0.0870. The summed E-state index contributed by atoms with van der Waals surface area (Å²) < 4.78 is 7.75. The van der Waals surface area contributed by atoms with E-state index in [0.717, 1.165) is 44.6 Å². The summed E-state index contributed by atoms with van der Waals surface area (Å²) in [6.07, 6.45) is 5.28. The minimum Gasteiger partial charge on any atom is -0.508 e. The summed E-state index contributed by atoms with van der Waals surface area (Å²) in [7, 11) is 1.78. The molecule has 3 aromatic rings. The Morgan fingerprint density at radius 2 is 1.93 bits per heavy atom. The second-order valence-corrected chi connectivity index (χ2v) is 8.46. The van der Waals surface area contributed by atoms with Crippen molar-refractivity contribution in [3.05, 3.63) is 77.1 Å². The van der Waals surface area contributed by atoms with E-state index < -0.39 is 0 Å². The first-order valence-corrected chi connectivity index (χ1v) is 10.7. The van der Waals surface area contributed by atoms with Crippen molar-refractivity contribution < 1.29 is 9.84 Å². The predicted molar refractivity (Wildman–Crippen MR) is 114 cm³/mol. The molecule has 30 heavy (non-hydrogen) atoms. The lowest BCUT2D eigenvalue weighted by atomic mass is 9.89. The van der Waals surface area contributed by atoms with Gasteiger partial charge in [0.2, 0.25) is 0 Å². The van der Waals surface area contributed by atoms with Crippen molar-refractivity contribution in [3.63, 3.8) is 0 Å². The number of nitrogens with zero attached hydrogens (tertiary/aromatic N) is 4. The van der Waals surface area contributed by atoms with Gasteiger partial charge in [-0.05, 0) is 60.7 Å². The van der Waals surface area contributed by atoms with Crippen molar-refractivity contribution in [2.75, 3.05) is 20.2 Å². The van der Waals surface area contributed by atoms with Gasteiger partial charge in [-0.25, -0.2) is 4.68 Å². The molecule has 0 bridgehead atoms. The maximum atomic E-state index is 9.74. The highest BCUT2D eigenvalue weighted by molar-refractivity contribution is 5.37. The highest BCUT2D eigenvalue weighted by Crippen LogP contribution is 2.36. The van der Waals surface area contributed by atoms with Gasteiger partial charge in [-0.2, -0.15) is 0 Å². The highest BCUT2D eigenvalue weighted by atomic mass is 16.5. The lowest BCUT2D eigenvalue weighted by molar-refractivity contribution is 0.0763. The van der Waals surface area contributed by atoms with Crippen molar-refractivity contribution in [1.82, 2.24) is 19.9 Å². The molecule has 0 amide bonds. The molecule has 0 spiro atoms. The van der Waals surface area contributed by atoms with E-state index in [1.54, 1.807) is 13.2 Å². The van der Waals surface area contributed by atoms with Gasteiger partial charge in [-0.3, -0.25) is 4.90 Å². The molecule has 2 aromatic carbocycles. The highest BCUT2D eigenvalue weighted by Gasteiger charge is 2.34. The number of ether oxygens (including phenoxy) is 1. The van der Waals surface area contributed by atoms with Crippen LogP contribution in [0.4, 0.5) is 0 Å². The van der Waals surface area contributed by atoms with E-state index in [-0.39, 0.29) is 12.1 Å². The summed E-state index contributed by atoms with van der Waals surface area (Å²) >= 11 is 0. The SMILES string of the molecule is CO[C@@H]1Cc2ccccc2[C@H]1n1cc(CN2CCC(c3cccc(O)c3)CC2)nn1. The number of aromatic hydroxyl groups is 1. The van der Waals surface area contributed by atoms with Crippen LogP contribution in [0.2, 0.25) is 0 Å². The minimum absolute atomic E-state index is 0.0870. The van der Waals surface area contributed by atoms with Gasteiger partial charge in [0.05, 0.1) is 18.0 Å². The topological polar surface area (TPSA) is 63.4 Å². The summed E-state index contributed by atoms with van der Waals surface area (Å²) in [5.41, 5.74) is 4.87. The van der Waals surface area contributed by atoms with E-state index in [9.17, 15) is 5.11 Å². The standard InChI is InChI=1S/C24H28N4O2/c1-30-23-14-19-5-2-3-8-22(19)24(23)28-16-20(25-26-28)15-27-11-9-17(10-12-27)18-6-4-7-21(29)13-18/h2-8,13,16-17,23-24,29H,9-12,14-15H2,1H3/t23-,24-/m1/s1. The van der Waals surface area contributed by atoms with E-state index in [1.807, 2.05) is 16.8 Å². The van der Waals surface area contributed by atoms with Crippen LogP contribution in [0.3, 0.4) is 0 Å². The molecule has 0 saturated carbocycles. The van der Waals surface area contributed by atoms with Gasteiger partial charge >= 0.3 is 0 Å². The third-order valence-electron chi connectivity index (χ3n) is 6.61. The van der Waals surface area contributed by atoms with Gasteiger partial charge in [0, 0.05) is 20.1 Å². The number of phenolic OH excluding ortho intramolecular Hbond substituents is 1. The number of rotatable bonds is 5. The maximum absolute atomic E-state index is 9.74. The second kappa shape index (κ2) is 8.20. The Hall–Kier alpha value is -2.70. The molecule has 1 aliphatic carbocycles. The van der Waals surface area contributed by atoms with E-state index in [0.29, 0.717) is 11.7 Å². The molecule has 2 aliphatic rings. The van der Waals surface area contributed by atoms with Crippen LogP contribution in [-0.4, -0.2) is 51.3 Å². The van der Waals surface area contributed by atoms with Crippen molar-refractivity contribution >= 4 is 0 Å². The summed E-state index contributed by atoms with van der Waals surface area (Å²) in [6.45, 7) is 2.87. The average Bonchev–Trinajstić information content (AvgIpc) is 3.38. The summed E-state index contributed by atoms with van der Waals surface area (Å²) in [6, 6.07) is 16.3. The fraction of sp³-hybridized carbons (Fsp3) is 0.417. The van der Waals surface area contributed by atoms with Gasteiger partial charge in [-0.15, -0.1) is 5.10 Å². The molecule has 1 aliphatic heterocycles. The largest absolute Gasteiger partial charge is 0.508 e. The van der Waals surface area contributed by atoms with Crippen LogP contribution in [-0.2, 0) is 17.7 Å². The Balaban J connectivity index is 1.24. The van der Waals surface area contributed by atoms with E-state index in [4.69, 9.17) is 4.74 Å². The molecule has 5 rings (SSSR count). The average molecular weight is 405 g/mol. The number of methoxy groups -OCH3 is 1.